The molecule has 0 aliphatic heterocycles. The molecule has 0 radical (unpaired) electrons. The summed E-state index contributed by atoms with van der Waals surface area (Å²) in [5, 5.41) is 17.6. The zero-order chi connectivity index (χ0) is 17.2. The van der Waals surface area contributed by atoms with Crippen molar-refractivity contribution in [1.82, 2.24) is 0 Å². The van der Waals surface area contributed by atoms with Crippen LogP contribution in [-0.2, 0) is 4.74 Å². The van der Waals surface area contributed by atoms with E-state index in [1.807, 2.05) is 6.92 Å². The number of unbranched alkanes of at least 4 members (excludes halogenated alkanes) is 8. The van der Waals surface area contributed by atoms with Gasteiger partial charge in [0.15, 0.2) is 0 Å². The first-order valence-electron chi connectivity index (χ1n) is 9.62. The lowest BCUT2D eigenvalue weighted by Crippen LogP contribution is -2.33. The standard InChI is InChI=1S/C20H36N2O/c1-3-5-6-7-8-9-10-15-20(23-4-2,16-11-13-18-21)17-12-14-19-22/h3-17H2,1-2H3. The van der Waals surface area contributed by atoms with Crippen LogP contribution >= 0.6 is 0 Å². The van der Waals surface area contributed by atoms with Gasteiger partial charge in [-0.25, -0.2) is 0 Å². The molecule has 0 amide bonds. The molecule has 132 valence electrons. The summed E-state index contributed by atoms with van der Waals surface area (Å²) in [6.07, 6.45) is 15.1. The molecule has 0 unspecified atom stereocenters. The van der Waals surface area contributed by atoms with Crippen molar-refractivity contribution in [3.05, 3.63) is 0 Å². The van der Waals surface area contributed by atoms with Crippen LogP contribution in [0.2, 0.25) is 0 Å². The van der Waals surface area contributed by atoms with E-state index in [9.17, 15) is 0 Å². The monoisotopic (exact) mass is 320 g/mol. The first kappa shape index (κ1) is 21.9. The van der Waals surface area contributed by atoms with E-state index in [1.165, 1.54) is 44.9 Å². The van der Waals surface area contributed by atoms with E-state index in [2.05, 4.69) is 19.1 Å². The highest BCUT2D eigenvalue weighted by Crippen LogP contribution is 2.32. The van der Waals surface area contributed by atoms with Gasteiger partial charge < -0.3 is 4.74 Å². The molecule has 0 spiro atoms. The van der Waals surface area contributed by atoms with E-state index < -0.39 is 0 Å². The molecule has 0 aromatic rings. The minimum absolute atomic E-state index is 0.105. The average Bonchev–Trinajstić information content (AvgIpc) is 2.55. The van der Waals surface area contributed by atoms with Gasteiger partial charge in [-0.2, -0.15) is 10.5 Å². The fourth-order valence-corrected chi connectivity index (χ4v) is 3.28. The van der Waals surface area contributed by atoms with Gasteiger partial charge in [-0.15, -0.1) is 0 Å². The first-order chi connectivity index (χ1) is 11.2. The normalized spacial score (nSPS) is 11.1. The van der Waals surface area contributed by atoms with Gasteiger partial charge in [0.25, 0.3) is 0 Å². The second kappa shape index (κ2) is 15.8. The summed E-state index contributed by atoms with van der Waals surface area (Å²) in [6.45, 7) is 5.02. The summed E-state index contributed by atoms with van der Waals surface area (Å²) in [4.78, 5) is 0. The lowest BCUT2D eigenvalue weighted by molar-refractivity contribution is -0.0613. The van der Waals surface area contributed by atoms with Gasteiger partial charge in [-0.1, -0.05) is 51.9 Å². The molecule has 0 N–H and O–H groups in total. The van der Waals surface area contributed by atoms with Crippen LogP contribution in [0.3, 0.4) is 0 Å². The third kappa shape index (κ3) is 12.1. The second-order valence-corrected chi connectivity index (χ2v) is 6.51. The van der Waals surface area contributed by atoms with Crippen LogP contribution in [0.1, 0.15) is 104 Å². The van der Waals surface area contributed by atoms with Crippen molar-refractivity contribution < 1.29 is 4.74 Å². The van der Waals surface area contributed by atoms with Crippen molar-refractivity contribution in [2.45, 2.75) is 109 Å². The first-order valence-corrected chi connectivity index (χ1v) is 9.62. The fourth-order valence-electron chi connectivity index (χ4n) is 3.28. The highest BCUT2D eigenvalue weighted by molar-refractivity contribution is 4.84. The van der Waals surface area contributed by atoms with Crippen LogP contribution < -0.4 is 0 Å². The maximum atomic E-state index is 8.79. The second-order valence-electron chi connectivity index (χ2n) is 6.51. The SMILES string of the molecule is CCCCCCCCCC(CCCC#N)(CCCC#N)OCC. The van der Waals surface area contributed by atoms with E-state index >= 15 is 0 Å². The Hall–Kier alpha value is -1.06. The lowest BCUT2D eigenvalue weighted by Gasteiger charge is -2.34. The molecule has 3 nitrogen and oxygen atoms in total. The molecule has 0 saturated carbocycles. The van der Waals surface area contributed by atoms with Crippen LogP contribution in [0, 0.1) is 22.7 Å². The molecule has 0 heterocycles. The Labute approximate surface area is 144 Å². The number of nitrogens with zero attached hydrogens (tertiary/aromatic N) is 2. The Kier molecular flexibility index (Phi) is 15.1. The largest absolute Gasteiger partial charge is 0.375 e. The molecule has 0 aliphatic rings. The van der Waals surface area contributed by atoms with Crippen molar-refractivity contribution in [1.29, 1.82) is 10.5 Å². The zero-order valence-corrected chi connectivity index (χ0v) is 15.4. The molecule has 0 aromatic carbocycles. The fraction of sp³-hybridized carbons (Fsp3) is 0.900. The van der Waals surface area contributed by atoms with Crippen molar-refractivity contribution in [2.75, 3.05) is 6.61 Å². The molecule has 0 atom stereocenters. The maximum Gasteiger partial charge on any atom is 0.0683 e. The average molecular weight is 321 g/mol. The Morgan fingerprint density at radius 2 is 1.17 bits per heavy atom. The highest BCUT2D eigenvalue weighted by atomic mass is 16.5. The van der Waals surface area contributed by atoms with E-state index in [1.54, 1.807) is 0 Å². The van der Waals surface area contributed by atoms with Gasteiger partial charge in [0.1, 0.15) is 0 Å². The Morgan fingerprint density at radius 3 is 1.65 bits per heavy atom. The van der Waals surface area contributed by atoms with E-state index in [4.69, 9.17) is 15.3 Å². The zero-order valence-electron chi connectivity index (χ0n) is 15.4. The number of nitriles is 2. The summed E-state index contributed by atoms with van der Waals surface area (Å²) in [7, 11) is 0. The van der Waals surface area contributed by atoms with Crippen molar-refractivity contribution in [2.24, 2.45) is 0 Å². The minimum Gasteiger partial charge on any atom is -0.375 e. The molecule has 0 saturated heterocycles. The van der Waals surface area contributed by atoms with Gasteiger partial charge in [0, 0.05) is 19.4 Å². The molecule has 0 fully saturated rings. The molecule has 0 aromatic heterocycles. The Balaban J connectivity index is 4.30. The smallest absolute Gasteiger partial charge is 0.0683 e. The summed E-state index contributed by atoms with van der Waals surface area (Å²) in [5.41, 5.74) is -0.105. The van der Waals surface area contributed by atoms with Crippen molar-refractivity contribution >= 4 is 0 Å². The quantitative estimate of drug-likeness (QED) is 0.314. The molecule has 3 heteroatoms. The maximum absolute atomic E-state index is 8.79. The van der Waals surface area contributed by atoms with E-state index in [-0.39, 0.29) is 5.60 Å². The molecule has 0 bridgehead atoms. The minimum atomic E-state index is -0.105. The number of hydrogen-bond acceptors (Lipinski definition) is 3. The van der Waals surface area contributed by atoms with Crippen LogP contribution in [-0.4, -0.2) is 12.2 Å². The topological polar surface area (TPSA) is 56.8 Å². The van der Waals surface area contributed by atoms with Crippen LogP contribution in [0.5, 0.6) is 0 Å². The molecule has 0 aliphatic carbocycles. The highest BCUT2D eigenvalue weighted by Gasteiger charge is 2.29. The summed E-state index contributed by atoms with van der Waals surface area (Å²) in [5.74, 6) is 0. The van der Waals surface area contributed by atoms with E-state index in [0.29, 0.717) is 12.8 Å². The summed E-state index contributed by atoms with van der Waals surface area (Å²) < 4.78 is 6.15. The predicted octanol–water partition coefficient (Wildman–Crippen LogP) is 6.29. The summed E-state index contributed by atoms with van der Waals surface area (Å²) >= 11 is 0. The van der Waals surface area contributed by atoms with Gasteiger partial charge in [-0.05, 0) is 39.0 Å². The predicted molar refractivity (Wildman–Crippen MR) is 95.9 cm³/mol. The van der Waals surface area contributed by atoms with Crippen molar-refractivity contribution in [3.8, 4) is 12.1 Å². The van der Waals surface area contributed by atoms with Gasteiger partial charge in [-0.3, -0.25) is 0 Å². The van der Waals surface area contributed by atoms with Crippen LogP contribution in [0.25, 0.3) is 0 Å². The third-order valence-electron chi connectivity index (χ3n) is 4.53. The number of rotatable bonds is 16. The molecule has 23 heavy (non-hydrogen) atoms. The molecule has 0 rings (SSSR count). The van der Waals surface area contributed by atoms with Crippen molar-refractivity contribution in [3.63, 3.8) is 0 Å². The van der Waals surface area contributed by atoms with Gasteiger partial charge in [0.05, 0.1) is 17.7 Å². The molecular formula is C20H36N2O. The lowest BCUT2D eigenvalue weighted by atomic mass is 9.85. The summed E-state index contributed by atoms with van der Waals surface area (Å²) in [6, 6.07) is 4.48. The van der Waals surface area contributed by atoms with Gasteiger partial charge in [0.2, 0.25) is 0 Å². The van der Waals surface area contributed by atoms with Gasteiger partial charge >= 0.3 is 0 Å². The number of hydrogen-bond donors (Lipinski definition) is 0. The molecular weight excluding hydrogens is 284 g/mol. The number of ether oxygens (including phenoxy) is 1. The third-order valence-corrected chi connectivity index (χ3v) is 4.53. The van der Waals surface area contributed by atoms with E-state index in [0.717, 1.165) is 38.7 Å². The Morgan fingerprint density at radius 1 is 0.696 bits per heavy atom. The van der Waals surface area contributed by atoms with Crippen LogP contribution in [0.4, 0.5) is 0 Å². The Bertz CT molecular complexity index is 321. The van der Waals surface area contributed by atoms with Crippen LogP contribution in [0.15, 0.2) is 0 Å².